The van der Waals surface area contributed by atoms with E-state index in [1.807, 2.05) is 31.3 Å². The Balaban J connectivity index is 2.31. The van der Waals surface area contributed by atoms with Gasteiger partial charge in [-0.05, 0) is 30.3 Å². The second kappa shape index (κ2) is 4.67. The predicted molar refractivity (Wildman–Crippen MR) is 62.2 cm³/mol. The molecule has 0 saturated heterocycles. The number of nitrogens with zero attached hydrogens (tertiary/aromatic N) is 3. The highest BCUT2D eigenvalue weighted by molar-refractivity contribution is 7.99. The first kappa shape index (κ1) is 11.2. The highest BCUT2D eigenvalue weighted by Crippen LogP contribution is 2.31. The summed E-state index contributed by atoms with van der Waals surface area (Å²) in [6.45, 7) is 1.76. The number of hydrogen-bond donors (Lipinski definition) is 1. The van der Waals surface area contributed by atoms with Crippen LogP contribution in [0.5, 0.6) is 0 Å². The van der Waals surface area contributed by atoms with Crippen LogP contribution in [0.3, 0.4) is 0 Å². The van der Waals surface area contributed by atoms with Crippen molar-refractivity contribution in [3.05, 3.63) is 36.2 Å². The van der Waals surface area contributed by atoms with Gasteiger partial charge in [0.2, 0.25) is 0 Å². The Morgan fingerprint density at radius 2 is 2.12 bits per heavy atom. The van der Waals surface area contributed by atoms with Gasteiger partial charge in [0.15, 0.2) is 5.16 Å². The van der Waals surface area contributed by atoms with Crippen molar-refractivity contribution in [2.75, 3.05) is 0 Å². The molecule has 16 heavy (non-hydrogen) atoms. The normalized spacial score (nSPS) is 12.7. The maximum atomic E-state index is 9.65. The largest absolute Gasteiger partial charge is 0.389 e. The summed E-state index contributed by atoms with van der Waals surface area (Å²) in [6, 6.07) is 7.76. The minimum atomic E-state index is -0.475. The van der Waals surface area contributed by atoms with E-state index in [9.17, 15) is 5.11 Å². The van der Waals surface area contributed by atoms with Gasteiger partial charge < -0.3 is 5.11 Å². The van der Waals surface area contributed by atoms with Crippen molar-refractivity contribution >= 4 is 11.8 Å². The average molecular weight is 235 g/mol. The minimum Gasteiger partial charge on any atom is -0.389 e. The van der Waals surface area contributed by atoms with Crippen LogP contribution in [0, 0.1) is 0 Å². The number of hydrogen-bond acceptors (Lipinski definition) is 4. The second-order valence-corrected chi connectivity index (χ2v) is 4.49. The topological polar surface area (TPSA) is 50.9 Å². The van der Waals surface area contributed by atoms with Crippen LogP contribution in [0.1, 0.15) is 18.6 Å². The first-order chi connectivity index (χ1) is 7.68. The fourth-order valence-corrected chi connectivity index (χ4v) is 2.37. The lowest BCUT2D eigenvalue weighted by atomic mass is 10.1. The number of aryl methyl sites for hydroxylation is 1. The first-order valence-corrected chi connectivity index (χ1v) is 5.79. The van der Waals surface area contributed by atoms with E-state index in [-0.39, 0.29) is 0 Å². The Labute approximate surface area is 98.3 Å². The summed E-state index contributed by atoms with van der Waals surface area (Å²) in [6.07, 6.45) is 1.05. The van der Waals surface area contributed by atoms with Crippen molar-refractivity contribution in [1.82, 2.24) is 14.8 Å². The molecule has 0 fully saturated rings. The van der Waals surface area contributed by atoms with Crippen LogP contribution in [-0.4, -0.2) is 19.9 Å². The van der Waals surface area contributed by atoms with E-state index >= 15 is 0 Å². The smallest absolute Gasteiger partial charge is 0.190 e. The summed E-state index contributed by atoms with van der Waals surface area (Å²) >= 11 is 1.51. The molecule has 1 unspecified atom stereocenters. The molecule has 0 aliphatic heterocycles. The molecular formula is C11H13N3OS. The van der Waals surface area contributed by atoms with Crippen molar-refractivity contribution in [2.24, 2.45) is 7.05 Å². The SMILES string of the molecule is CC(O)c1ccccc1Sc1ncnn1C. The van der Waals surface area contributed by atoms with E-state index < -0.39 is 6.10 Å². The molecule has 1 atom stereocenters. The minimum absolute atomic E-state index is 0.475. The molecule has 2 rings (SSSR count). The van der Waals surface area contributed by atoms with Gasteiger partial charge in [-0.1, -0.05) is 18.2 Å². The van der Waals surface area contributed by atoms with Crippen molar-refractivity contribution in [3.8, 4) is 0 Å². The van der Waals surface area contributed by atoms with Crippen molar-refractivity contribution < 1.29 is 5.11 Å². The van der Waals surface area contributed by atoms with Gasteiger partial charge in [0.25, 0.3) is 0 Å². The van der Waals surface area contributed by atoms with Gasteiger partial charge in [-0.15, -0.1) is 0 Å². The molecule has 0 spiro atoms. The zero-order chi connectivity index (χ0) is 11.5. The molecule has 0 amide bonds. The molecule has 0 radical (unpaired) electrons. The Kier molecular flexibility index (Phi) is 3.26. The van der Waals surface area contributed by atoms with Crippen LogP contribution in [0.15, 0.2) is 40.6 Å². The highest BCUT2D eigenvalue weighted by Gasteiger charge is 2.10. The Morgan fingerprint density at radius 3 is 2.75 bits per heavy atom. The molecule has 84 valence electrons. The number of aliphatic hydroxyl groups is 1. The summed E-state index contributed by atoms with van der Waals surface area (Å²) in [5, 5.41) is 14.5. The van der Waals surface area contributed by atoms with Gasteiger partial charge in [-0.3, -0.25) is 0 Å². The molecule has 1 heterocycles. The molecular weight excluding hydrogens is 222 g/mol. The summed E-state index contributed by atoms with van der Waals surface area (Å²) < 4.78 is 1.71. The van der Waals surface area contributed by atoms with Crippen molar-refractivity contribution in [2.45, 2.75) is 23.1 Å². The van der Waals surface area contributed by atoms with E-state index in [0.29, 0.717) is 0 Å². The zero-order valence-corrected chi connectivity index (χ0v) is 9.98. The molecule has 1 aromatic carbocycles. The summed E-state index contributed by atoms with van der Waals surface area (Å²) in [5.41, 5.74) is 0.913. The van der Waals surface area contributed by atoms with E-state index in [1.165, 1.54) is 18.1 Å². The van der Waals surface area contributed by atoms with E-state index in [1.54, 1.807) is 11.6 Å². The average Bonchev–Trinajstić information content (AvgIpc) is 2.65. The monoisotopic (exact) mass is 235 g/mol. The van der Waals surface area contributed by atoms with Gasteiger partial charge in [0, 0.05) is 11.9 Å². The maximum Gasteiger partial charge on any atom is 0.190 e. The maximum absolute atomic E-state index is 9.65. The summed E-state index contributed by atoms with van der Waals surface area (Å²) in [5.74, 6) is 0. The molecule has 2 aromatic rings. The molecule has 5 heteroatoms. The number of rotatable bonds is 3. The molecule has 4 nitrogen and oxygen atoms in total. The third-order valence-corrected chi connectivity index (χ3v) is 3.38. The highest BCUT2D eigenvalue weighted by atomic mass is 32.2. The van der Waals surface area contributed by atoms with Crippen LogP contribution >= 0.6 is 11.8 Å². The van der Waals surface area contributed by atoms with Gasteiger partial charge >= 0.3 is 0 Å². The lowest BCUT2D eigenvalue weighted by molar-refractivity contribution is 0.196. The lowest BCUT2D eigenvalue weighted by Gasteiger charge is -2.10. The van der Waals surface area contributed by atoms with Gasteiger partial charge in [0.1, 0.15) is 6.33 Å². The molecule has 0 aliphatic rings. The predicted octanol–water partition coefficient (Wildman–Crippen LogP) is 2.02. The van der Waals surface area contributed by atoms with Crippen molar-refractivity contribution in [3.63, 3.8) is 0 Å². The third kappa shape index (κ3) is 2.25. The molecule has 0 bridgehead atoms. The Bertz CT molecular complexity index is 482. The van der Waals surface area contributed by atoms with E-state index in [4.69, 9.17) is 0 Å². The molecule has 0 aliphatic carbocycles. The second-order valence-electron chi connectivity index (χ2n) is 3.48. The van der Waals surface area contributed by atoms with Crippen LogP contribution in [0.2, 0.25) is 0 Å². The quantitative estimate of drug-likeness (QED) is 0.884. The van der Waals surface area contributed by atoms with Crippen molar-refractivity contribution in [1.29, 1.82) is 0 Å². The third-order valence-electron chi connectivity index (χ3n) is 2.24. The number of aromatic nitrogens is 3. The van der Waals surface area contributed by atoms with Crippen LogP contribution < -0.4 is 0 Å². The molecule has 0 saturated carbocycles. The molecule has 1 aromatic heterocycles. The summed E-state index contributed by atoms with van der Waals surface area (Å²) in [4.78, 5) is 5.15. The standard InChI is InChI=1S/C11H13N3OS/c1-8(15)9-5-3-4-6-10(9)16-11-12-7-13-14(11)2/h3-8,15H,1-2H3. The van der Waals surface area contributed by atoms with Gasteiger partial charge in [-0.25, -0.2) is 9.67 Å². The van der Waals surface area contributed by atoms with E-state index in [2.05, 4.69) is 10.1 Å². The Morgan fingerprint density at radius 1 is 1.38 bits per heavy atom. The fourth-order valence-electron chi connectivity index (χ4n) is 1.39. The van der Waals surface area contributed by atoms with Crippen LogP contribution in [0.25, 0.3) is 0 Å². The number of aliphatic hydroxyl groups excluding tert-OH is 1. The summed E-state index contributed by atoms with van der Waals surface area (Å²) in [7, 11) is 1.85. The Hall–Kier alpha value is -1.33. The van der Waals surface area contributed by atoms with E-state index in [0.717, 1.165) is 15.6 Å². The van der Waals surface area contributed by atoms with Crippen LogP contribution in [-0.2, 0) is 7.05 Å². The lowest BCUT2D eigenvalue weighted by Crippen LogP contribution is -1.96. The zero-order valence-electron chi connectivity index (χ0n) is 9.16. The molecule has 1 N–H and O–H groups in total. The first-order valence-electron chi connectivity index (χ1n) is 4.97. The van der Waals surface area contributed by atoms with Crippen LogP contribution in [0.4, 0.5) is 0 Å². The van der Waals surface area contributed by atoms with Gasteiger partial charge in [0.05, 0.1) is 6.10 Å². The number of benzene rings is 1. The van der Waals surface area contributed by atoms with Gasteiger partial charge in [-0.2, -0.15) is 5.10 Å². The fraction of sp³-hybridized carbons (Fsp3) is 0.273.